The summed E-state index contributed by atoms with van der Waals surface area (Å²) in [5.41, 5.74) is 0.759. The molecule has 0 spiro atoms. The normalized spacial score (nSPS) is 11.7. The van der Waals surface area contributed by atoms with E-state index in [1.165, 1.54) is 14.2 Å². The molecule has 1 N–H and O–H groups in total. The number of carbonyl (C=O) groups excluding carboxylic acids is 2. The molecule has 0 radical (unpaired) electrons. The molecule has 5 nitrogen and oxygen atoms in total. The minimum Gasteiger partial charge on any atom is -0.469 e. The number of ether oxygens (including phenoxy) is 2. The number of rotatable bonds is 9. The van der Waals surface area contributed by atoms with Crippen molar-refractivity contribution in [1.82, 2.24) is 0 Å². The minimum atomic E-state index is -0.469. The van der Waals surface area contributed by atoms with Gasteiger partial charge >= 0.3 is 5.97 Å². The van der Waals surface area contributed by atoms with Gasteiger partial charge in [-0.3, -0.25) is 9.59 Å². The van der Waals surface area contributed by atoms with Crippen molar-refractivity contribution in [2.24, 2.45) is 0 Å². The van der Waals surface area contributed by atoms with E-state index in [9.17, 15) is 9.59 Å². The first-order valence-corrected chi connectivity index (χ1v) is 7.13. The van der Waals surface area contributed by atoms with E-state index in [1.54, 1.807) is 0 Å². The number of hydrogen-bond donors (Lipinski definition) is 1. The van der Waals surface area contributed by atoms with Crippen molar-refractivity contribution in [1.29, 1.82) is 0 Å². The number of amides is 1. The van der Waals surface area contributed by atoms with Gasteiger partial charge < -0.3 is 14.8 Å². The molecule has 1 aromatic carbocycles. The monoisotopic (exact) mass is 293 g/mol. The summed E-state index contributed by atoms with van der Waals surface area (Å²) in [7, 11) is 2.92. The number of hydrogen-bond acceptors (Lipinski definition) is 4. The first-order chi connectivity index (χ1) is 10.2. The van der Waals surface area contributed by atoms with Gasteiger partial charge in [-0.1, -0.05) is 31.0 Å². The zero-order valence-corrected chi connectivity index (χ0v) is 12.6. The van der Waals surface area contributed by atoms with Gasteiger partial charge in [-0.2, -0.15) is 0 Å². The van der Waals surface area contributed by atoms with Crippen molar-refractivity contribution in [2.75, 3.05) is 19.5 Å². The summed E-state index contributed by atoms with van der Waals surface area (Å²) in [6.45, 7) is 0. The molecule has 0 bridgehead atoms. The molecule has 1 unspecified atom stereocenters. The van der Waals surface area contributed by atoms with Gasteiger partial charge in [0.2, 0.25) is 0 Å². The second-order valence-corrected chi connectivity index (χ2v) is 4.76. The lowest BCUT2D eigenvalue weighted by Gasteiger charge is -2.15. The van der Waals surface area contributed by atoms with Crippen LogP contribution < -0.4 is 5.32 Å². The van der Waals surface area contributed by atoms with Crippen LogP contribution in [0.5, 0.6) is 0 Å². The van der Waals surface area contributed by atoms with E-state index in [0.29, 0.717) is 12.8 Å². The number of para-hydroxylation sites is 1. The summed E-state index contributed by atoms with van der Waals surface area (Å²) in [6, 6.07) is 9.29. The molecule has 0 aromatic heterocycles. The summed E-state index contributed by atoms with van der Waals surface area (Å²) in [5, 5.41) is 2.82. The van der Waals surface area contributed by atoms with Crippen LogP contribution in [0.2, 0.25) is 0 Å². The third-order valence-corrected chi connectivity index (χ3v) is 3.19. The molecule has 1 aromatic rings. The molecule has 0 saturated heterocycles. The Kier molecular flexibility index (Phi) is 8.12. The molecular formula is C16H23NO4. The Morgan fingerprint density at radius 3 is 2.43 bits per heavy atom. The minimum absolute atomic E-state index is 0.142. The average Bonchev–Trinajstić information content (AvgIpc) is 2.51. The highest BCUT2D eigenvalue weighted by Gasteiger charge is 2.17. The van der Waals surface area contributed by atoms with E-state index in [0.717, 1.165) is 24.9 Å². The van der Waals surface area contributed by atoms with E-state index in [1.807, 2.05) is 30.3 Å². The summed E-state index contributed by atoms with van der Waals surface area (Å²) < 4.78 is 9.81. The van der Waals surface area contributed by atoms with E-state index < -0.39 is 6.10 Å². The van der Waals surface area contributed by atoms with Crippen LogP contribution in [0.25, 0.3) is 0 Å². The van der Waals surface area contributed by atoms with Gasteiger partial charge in [0, 0.05) is 19.2 Å². The molecule has 0 saturated carbocycles. The van der Waals surface area contributed by atoms with Crippen molar-refractivity contribution in [3.63, 3.8) is 0 Å². The summed E-state index contributed by atoms with van der Waals surface area (Å²) in [6.07, 6.45) is 3.05. The van der Waals surface area contributed by atoms with Gasteiger partial charge in [0.15, 0.2) is 0 Å². The predicted molar refractivity (Wildman–Crippen MR) is 81.0 cm³/mol. The molecule has 0 aliphatic rings. The Bertz CT molecular complexity index is 433. The van der Waals surface area contributed by atoms with Crippen LogP contribution in [0, 0.1) is 0 Å². The lowest BCUT2D eigenvalue weighted by Crippen LogP contribution is -2.29. The molecule has 0 aliphatic heterocycles. The van der Waals surface area contributed by atoms with Crippen LogP contribution in [0.3, 0.4) is 0 Å². The largest absolute Gasteiger partial charge is 0.469 e. The molecular weight excluding hydrogens is 270 g/mol. The Hall–Kier alpha value is -1.88. The highest BCUT2D eigenvalue weighted by molar-refractivity contribution is 5.94. The highest BCUT2D eigenvalue weighted by atomic mass is 16.5. The predicted octanol–water partition coefficient (Wildman–Crippen LogP) is 2.76. The maximum Gasteiger partial charge on any atom is 0.305 e. The summed E-state index contributed by atoms with van der Waals surface area (Å²) >= 11 is 0. The third-order valence-electron chi connectivity index (χ3n) is 3.19. The molecule has 0 aliphatic carbocycles. The molecule has 1 rings (SSSR count). The van der Waals surface area contributed by atoms with Crippen LogP contribution in [0.15, 0.2) is 30.3 Å². The number of nitrogens with one attached hydrogen (secondary N) is 1. The van der Waals surface area contributed by atoms with E-state index >= 15 is 0 Å². The molecule has 5 heteroatoms. The Morgan fingerprint density at radius 2 is 1.81 bits per heavy atom. The fourth-order valence-corrected chi connectivity index (χ4v) is 1.98. The van der Waals surface area contributed by atoms with Crippen LogP contribution >= 0.6 is 0 Å². The average molecular weight is 293 g/mol. The number of unbranched alkanes of at least 4 members (excludes halogenated alkanes) is 2. The van der Waals surface area contributed by atoms with Gasteiger partial charge in [-0.25, -0.2) is 0 Å². The second kappa shape index (κ2) is 9.94. The lowest BCUT2D eigenvalue weighted by molar-refractivity contribution is -0.140. The van der Waals surface area contributed by atoms with Crippen molar-refractivity contribution in [2.45, 2.75) is 38.2 Å². The Labute approximate surface area is 125 Å². The lowest BCUT2D eigenvalue weighted by atomic mass is 10.1. The van der Waals surface area contributed by atoms with Gasteiger partial charge in [-0.05, 0) is 25.0 Å². The van der Waals surface area contributed by atoms with Gasteiger partial charge in [0.1, 0.15) is 6.10 Å². The van der Waals surface area contributed by atoms with Crippen molar-refractivity contribution < 1.29 is 19.1 Å². The van der Waals surface area contributed by atoms with Crippen LogP contribution in [-0.2, 0) is 19.1 Å². The van der Waals surface area contributed by atoms with Crippen molar-refractivity contribution in [3.05, 3.63) is 30.3 Å². The van der Waals surface area contributed by atoms with E-state index in [2.05, 4.69) is 10.1 Å². The first-order valence-electron chi connectivity index (χ1n) is 7.13. The summed E-state index contributed by atoms with van der Waals surface area (Å²) in [4.78, 5) is 23.0. The topological polar surface area (TPSA) is 64.6 Å². The maximum atomic E-state index is 12.1. The maximum absolute atomic E-state index is 12.1. The quantitative estimate of drug-likeness (QED) is 0.561. The number of anilines is 1. The second-order valence-electron chi connectivity index (χ2n) is 4.76. The molecule has 116 valence electrons. The zero-order valence-electron chi connectivity index (χ0n) is 12.6. The van der Waals surface area contributed by atoms with E-state index in [4.69, 9.17) is 4.74 Å². The van der Waals surface area contributed by atoms with Gasteiger partial charge in [0.05, 0.1) is 7.11 Å². The third kappa shape index (κ3) is 6.90. The molecule has 21 heavy (non-hydrogen) atoms. The molecule has 1 atom stereocenters. The van der Waals surface area contributed by atoms with Crippen LogP contribution in [0.4, 0.5) is 5.69 Å². The van der Waals surface area contributed by atoms with Gasteiger partial charge in [0.25, 0.3) is 5.91 Å². The fourth-order valence-electron chi connectivity index (χ4n) is 1.98. The van der Waals surface area contributed by atoms with E-state index in [-0.39, 0.29) is 11.9 Å². The Balaban J connectivity index is 2.27. The standard InChI is InChI=1S/C16H23NO4/c1-20-14(11-7-4-8-12-15(18)21-2)16(19)17-13-9-5-3-6-10-13/h3,5-6,9-10,14H,4,7-8,11-12H2,1-2H3,(H,17,19). The SMILES string of the molecule is COC(=O)CCCCCC(OC)C(=O)Nc1ccccc1. The van der Waals surface area contributed by atoms with Crippen LogP contribution in [-0.4, -0.2) is 32.2 Å². The van der Waals surface area contributed by atoms with Crippen LogP contribution in [0.1, 0.15) is 32.1 Å². The Morgan fingerprint density at radius 1 is 1.10 bits per heavy atom. The first kappa shape index (κ1) is 17.2. The molecule has 0 fully saturated rings. The highest BCUT2D eigenvalue weighted by Crippen LogP contribution is 2.12. The number of carbonyl (C=O) groups is 2. The fraction of sp³-hybridized carbons (Fsp3) is 0.500. The number of benzene rings is 1. The summed E-state index contributed by atoms with van der Waals surface area (Å²) in [5.74, 6) is -0.336. The number of esters is 1. The molecule has 0 heterocycles. The number of methoxy groups -OCH3 is 2. The smallest absolute Gasteiger partial charge is 0.305 e. The van der Waals surface area contributed by atoms with Gasteiger partial charge in [-0.15, -0.1) is 0 Å². The zero-order chi connectivity index (χ0) is 15.5. The van der Waals surface area contributed by atoms with Crippen molar-refractivity contribution >= 4 is 17.6 Å². The molecule has 1 amide bonds. The van der Waals surface area contributed by atoms with Crippen molar-refractivity contribution in [3.8, 4) is 0 Å².